The summed E-state index contributed by atoms with van der Waals surface area (Å²) in [6, 6.07) is 8.73. The maximum atomic E-state index is 11.9. The quantitative estimate of drug-likeness (QED) is 0.430. The van der Waals surface area contributed by atoms with Crippen LogP contribution in [0.5, 0.6) is 0 Å². The first-order chi connectivity index (χ1) is 10.0. The number of anilines is 2. The van der Waals surface area contributed by atoms with Crippen molar-refractivity contribution in [1.29, 1.82) is 10.7 Å². The first-order valence-corrected chi connectivity index (χ1v) is 6.24. The van der Waals surface area contributed by atoms with Gasteiger partial charge in [-0.05, 0) is 24.3 Å². The van der Waals surface area contributed by atoms with E-state index in [1.807, 2.05) is 0 Å². The molecule has 0 unspecified atom stereocenters. The molecule has 2 rings (SSSR count). The molecule has 0 bridgehead atoms. The number of amides is 2. The van der Waals surface area contributed by atoms with E-state index >= 15 is 0 Å². The summed E-state index contributed by atoms with van der Waals surface area (Å²) in [5, 5.41) is 19.6. The summed E-state index contributed by atoms with van der Waals surface area (Å²) in [6.45, 7) is 1.36. The number of amidine groups is 1. The van der Waals surface area contributed by atoms with Crippen LogP contribution >= 0.6 is 0 Å². The van der Waals surface area contributed by atoms with Gasteiger partial charge in [0.15, 0.2) is 5.84 Å². The molecule has 4 N–H and O–H groups in total. The van der Waals surface area contributed by atoms with Crippen molar-refractivity contribution in [3.63, 3.8) is 0 Å². The number of hydrogen-bond donors (Lipinski definition) is 3. The van der Waals surface area contributed by atoms with E-state index in [1.165, 1.54) is 0 Å². The van der Waals surface area contributed by atoms with Crippen LogP contribution in [0.25, 0.3) is 0 Å². The molecule has 1 heterocycles. The van der Waals surface area contributed by atoms with Gasteiger partial charge in [-0.2, -0.15) is 10.4 Å². The van der Waals surface area contributed by atoms with Gasteiger partial charge in [0.25, 0.3) is 0 Å². The van der Waals surface area contributed by atoms with Crippen molar-refractivity contribution in [3.05, 3.63) is 24.3 Å². The number of hydrazone groups is 1. The van der Waals surface area contributed by atoms with Gasteiger partial charge in [0, 0.05) is 25.8 Å². The molecule has 8 nitrogen and oxygen atoms in total. The van der Waals surface area contributed by atoms with Crippen LogP contribution in [0.4, 0.5) is 16.2 Å². The summed E-state index contributed by atoms with van der Waals surface area (Å²) in [5.41, 5.74) is 9.08. The number of urea groups is 1. The average molecular weight is 285 g/mol. The highest BCUT2D eigenvalue weighted by Crippen LogP contribution is 2.21. The van der Waals surface area contributed by atoms with Crippen LogP contribution in [-0.4, -0.2) is 42.6 Å². The Balaban J connectivity index is 2.08. The molecule has 1 aliphatic rings. The van der Waals surface area contributed by atoms with Gasteiger partial charge in [0.2, 0.25) is 5.71 Å². The van der Waals surface area contributed by atoms with Gasteiger partial charge in [-0.3, -0.25) is 15.7 Å². The molecule has 1 aliphatic heterocycles. The number of nitrogens with zero attached hydrogens (tertiary/aromatic N) is 4. The average Bonchev–Trinajstić information content (AvgIpc) is 2.80. The minimum absolute atomic E-state index is 0.0305. The fourth-order valence-electron chi connectivity index (χ4n) is 1.87. The second-order valence-electron chi connectivity index (χ2n) is 4.50. The number of nitriles is 1. The lowest BCUT2D eigenvalue weighted by Crippen LogP contribution is -2.29. The Kier molecular flexibility index (Phi) is 4.04. The molecule has 2 amide bonds. The zero-order valence-corrected chi connectivity index (χ0v) is 11.5. The van der Waals surface area contributed by atoms with Gasteiger partial charge in [0.1, 0.15) is 6.07 Å². The van der Waals surface area contributed by atoms with Crippen LogP contribution in [0, 0.1) is 16.7 Å². The van der Waals surface area contributed by atoms with Crippen molar-refractivity contribution in [2.45, 2.75) is 0 Å². The number of rotatable bonds is 4. The topological polar surface area (TPSA) is 122 Å². The predicted molar refractivity (Wildman–Crippen MR) is 80.4 cm³/mol. The van der Waals surface area contributed by atoms with Crippen molar-refractivity contribution >= 4 is 29.0 Å². The number of hydrogen-bond acceptors (Lipinski definition) is 5. The van der Waals surface area contributed by atoms with Crippen LogP contribution in [0.3, 0.4) is 0 Å². The number of nitrogens with two attached hydrogens (primary N) is 1. The minimum Gasteiger partial charge on any atom is -0.382 e. The molecule has 0 aliphatic carbocycles. The van der Waals surface area contributed by atoms with E-state index in [0.29, 0.717) is 18.8 Å². The minimum atomic E-state index is -0.396. The Bertz CT molecular complexity index is 629. The molecule has 0 radical (unpaired) electrons. The number of nitrogens with one attached hydrogen (secondary N) is 2. The molecule has 1 aromatic carbocycles. The van der Waals surface area contributed by atoms with Gasteiger partial charge < -0.3 is 10.6 Å². The molecular formula is C13H15N7O. The lowest BCUT2D eigenvalue weighted by molar-refractivity contribution is 0.229. The van der Waals surface area contributed by atoms with Crippen LogP contribution in [0.2, 0.25) is 0 Å². The third-order valence-corrected chi connectivity index (χ3v) is 3.05. The van der Waals surface area contributed by atoms with Gasteiger partial charge >= 0.3 is 6.03 Å². The Morgan fingerprint density at radius 2 is 2.10 bits per heavy atom. The highest BCUT2D eigenvalue weighted by atomic mass is 16.2. The summed E-state index contributed by atoms with van der Waals surface area (Å²) < 4.78 is 0. The first kappa shape index (κ1) is 14.3. The molecule has 0 spiro atoms. The maximum absolute atomic E-state index is 11.9. The highest BCUT2D eigenvalue weighted by Gasteiger charge is 2.26. The molecule has 0 atom stereocenters. The Hall–Kier alpha value is -3.08. The van der Waals surface area contributed by atoms with E-state index in [9.17, 15) is 4.79 Å². The highest BCUT2D eigenvalue weighted by molar-refractivity contribution is 6.45. The van der Waals surface area contributed by atoms with Crippen molar-refractivity contribution in [1.82, 2.24) is 4.90 Å². The van der Waals surface area contributed by atoms with Gasteiger partial charge in [0.05, 0.1) is 5.69 Å². The Morgan fingerprint density at radius 1 is 1.43 bits per heavy atom. The second-order valence-corrected chi connectivity index (χ2v) is 4.50. The smallest absolute Gasteiger partial charge is 0.324 e. The van der Waals surface area contributed by atoms with Crippen LogP contribution < -0.4 is 16.1 Å². The van der Waals surface area contributed by atoms with Crippen molar-refractivity contribution in [2.75, 3.05) is 30.5 Å². The molecule has 0 saturated carbocycles. The van der Waals surface area contributed by atoms with Crippen LogP contribution in [0.15, 0.2) is 29.4 Å². The summed E-state index contributed by atoms with van der Waals surface area (Å²) >= 11 is 0. The molecule has 1 fully saturated rings. The predicted octanol–water partition coefficient (Wildman–Crippen LogP) is 0.786. The summed E-state index contributed by atoms with van der Waals surface area (Å²) in [4.78, 5) is 15.2. The van der Waals surface area contributed by atoms with E-state index in [1.54, 1.807) is 47.2 Å². The monoisotopic (exact) mass is 285 g/mol. The summed E-state index contributed by atoms with van der Waals surface area (Å²) in [7, 11) is 1.76. The maximum Gasteiger partial charge on any atom is 0.324 e. The second kappa shape index (κ2) is 5.92. The molecule has 1 aromatic rings. The number of carbonyl (C=O) groups excluding carboxylic acids is 1. The van der Waals surface area contributed by atoms with Gasteiger partial charge in [-0.1, -0.05) is 0 Å². The zero-order chi connectivity index (χ0) is 15.4. The van der Waals surface area contributed by atoms with Gasteiger partial charge in [-0.15, -0.1) is 0 Å². The van der Waals surface area contributed by atoms with E-state index in [-0.39, 0.29) is 11.7 Å². The first-order valence-electron chi connectivity index (χ1n) is 6.24. The number of benzene rings is 1. The summed E-state index contributed by atoms with van der Waals surface area (Å²) in [6.07, 6.45) is 0. The lowest BCUT2D eigenvalue weighted by Gasteiger charge is -2.16. The fourth-order valence-corrected chi connectivity index (χ4v) is 1.87. The third kappa shape index (κ3) is 3.09. The third-order valence-electron chi connectivity index (χ3n) is 3.05. The Morgan fingerprint density at radius 3 is 2.57 bits per heavy atom. The normalized spacial score (nSPS) is 15.0. The number of carbonyl (C=O) groups is 1. The van der Waals surface area contributed by atoms with Crippen LogP contribution in [-0.2, 0) is 0 Å². The van der Waals surface area contributed by atoms with E-state index in [2.05, 4.69) is 10.5 Å². The SMILES string of the molecule is CN1CCN(c2ccc(N/N=C(\C#N)C(=N)N)cc2)C1=O. The molecule has 108 valence electrons. The largest absolute Gasteiger partial charge is 0.382 e. The van der Waals surface area contributed by atoms with E-state index < -0.39 is 5.84 Å². The van der Waals surface area contributed by atoms with Gasteiger partial charge in [-0.25, -0.2) is 4.79 Å². The van der Waals surface area contributed by atoms with Crippen LogP contribution in [0.1, 0.15) is 0 Å². The number of likely N-dealkylation sites (N-methyl/N-ethyl adjacent to an activating group) is 1. The lowest BCUT2D eigenvalue weighted by atomic mass is 10.2. The zero-order valence-electron chi connectivity index (χ0n) is 11.5. The van der Waals surface area contributed by atoms with E-state index in [0.717, 1.165) is 5.69 Å². The van der Waals surface area contributed by atoms with E-state index in [4.69, 9.17) is 16.4 Å². The molecule has 21 heavy (non-hydrogen) atoms. The fraction of sp³-hybridized carbons (Fsp3) is 0.231. The molecular weight excluding hydrogens is 270 g/mol. The molecule has 1 saturated heterocycles. The van der Waals surface area contributed by atoms with Crippen molar-refractivity contribution in [2.24, 2.45) is 10.8 Å². The summed E-state index contributed by atoms with van der Waals surface area (Å²) in [5.74, 6) is -0.396. The standard InChI is InChI=1S/C13H15N7O/c1-19-6-7-20(13(19)21)10-4-2-9(3-5-10)17-18-11(8-14)12(15)16/h2-5,17H,6-7H2,1H3,(H3,15,16)/b18-11+. The Labute approximate surface area is 121 Å². The van der Waals surface area contributed by atoms with Crippen molar-refractivity contribution < 1.29 is 4.79 Å². The molecule has 8 heteroatoms. The molecule has 0 aromatic heterocycles. The van der Waals surface area contributed by atoms with Crippen molar-refractivity contribution in [3.8, 4) is 6.07 Å².